The second-order valence-corrected chi connectivity index (χ2v) is 4.03. The summed E-state index contributed by atoms with van der Waals surface area (Å²) >= 11 is 0. The molecular weight excluding hydrogens is 248 g/mol. The lowest BCUT2D eigenvalue weighted by Crippen LogP contribution is -2.33. The third kappa shape index (κ3) is 4.97. The van der Waals surface area contributed by atoms with E-state index in [0.717, 1.165) is 17.7 Å². The molecular formula is C13H18N2O4. The number of urea groups is 1. The Hall–Kier alpha value is -2.08. The lowest BCUT2D eigenvalue weighted by molar-refractivity contribution is -0.146. The Morgan fingerprint density at radius 1 is 1.32 bits per heavy atom. The van der Waals surface area contributed by atoms with Crippen LogP contribution in [-0.4, -0.2) is 34.9 Å². The fourth-order valence-electron chi connectivity index (χ4n) is 1.56. The van der Waals surface area contributed by atoms with Gasteiger partial charge < -0.3 is 20.8 Å². The molecule has 6 nitrogen and oxygen atoms in total. The Morgan fingerprint density at radius 3 is 2.63 bits per heavy atom. The van der Waals surface area contributed by atoms with Crippen LogP contribution < -0.4 is 10.6 Å². The van der Waals surface area contributed by atoms with Gasteiger partial charge in [0.25, 0.3) is 0 Å². The lowest BCUT2D eigenvalue weighted by Gasteiger charge is -2.11. The molecule has 0 aromatic heterocycles. The zero-order valence-corrected chi connectivity index (χ0v) is 10.7. The number of amides is 2. The molecule has 0 aliphatic carbocycles. The molecule has 0 aliphatic rings. The van der Waals surface area contributed by atoms with Crippen LogP contribution in [0.15, 0.2) is 24.3 Å². The van der Waals surface area contributed by atoms with Crippen molar-refractivity contribution in [3.63, 3.8) is 0 Å². The fraction of sp³-hybridized carbons (Fsp3) is 0.385. The van der Waals surface area contributed by atoms with Crippen LogP contribution in [0.25, 0.3) is 0 Å². The van der Waals surface area contributed by atoms with Crippen LogP contribution in [-0.2, 0) is 11.2 Å². The molecule has 1 unspecified atom stereocenters. The highest BCUT2D eigenvalue weighted by Gasteiger charge is 2.13. The fourth-order valence-corrected chi connectivity index (χ4v) is 1.56. The number of carboxylic acids is 1. The molecule has 2 amide bonds. The van der Waals surface area contributed by atoms with Crippen LogP contribution in [0, 0.1) is 0 Å². The molecule has 0 saturated heterocycles. The van der Waals surface area contributed by atoms with Crippen molar-refractivity contribution < 1.29 is 19.8 Å². The van der Waals surface area contributed by atoms with Crippen LogP contribution in [0.3, 0.4) is 0 Å². The number of para-hydroxylation sites is 1. The topological polar surface area (TPSA) is 98.7 Å². The molecule has 104 valence electrons. The molecule has 0 aliphatic heterocycles. The summed E-state index contributed by atoms with van der Waals surface area (Å²) in [6.07, 6.45) is -0.685. The molecule has 1 atom stereocenters. The number of nitrogens with one attached hydrogen (secondary N) is 2. The van der Waals surface area contributed by atoms with Gasteiger partial charge in [-0.2, -0.15) is 0 Å². The number of carbonyl (C=O) groups is 2. The zero-order valence-electron chi connectivity index (χ0n) is 10.7. The van der Waals surface area contributed by atoms with Crippen molar-refractivity contribution in [2.24, 2.45) is 0 Å². The Labute approximate surface area is 111 Å². The van der Waals surface area contributed by atoms with E-state index < -0.39 is 18.1 Å². The molecule has 0 bridgehead atoms. The van der Waals surface area contributed by atoms with Crippen molar-refractivity contribution in [2.45, 2.75) is 25.9 Å². The second-order valence-electron chi connectivity index (χ2n) is 4.03. The maximum absolute atomic E-state index is 11.6. The van der Waals surface area contributed by atoms with E-state index in [2.05, 4.69) is 10.6 Å². The highest BCUT2D eigenvalue weighted by atomic mass is 16.4. The lowest BCUT2D eigenvalue weighted by atomic mass is 10.1. The molecule has 0 saturated carbocycles. The van der Waals surface area contributed by atoms with E-state index in [1.54, 1.807) is 6.07 Å². The number of benzene rings is 1. The predicted octanol–water partition coefficient (Wildman–Crippen LogP) is 1.21. The van der Waals surface area contributed by atoms with Gasteiger partial charge in [-0.15, -0.1) is 0 Å². The first-order valence-corrected chi connectivity index (χ1v) is 6.08. The van der Waals surface area contributed by atoms with Gasteiger partial charge in [0, 0.05) is 18.7 Å². The van der Waals surface area contributed by atoms with E-state index >= 15 is 0 Å². The van der Waals surface area contributed by atoms with Crippen molar-refractivity contribution >= 4 is 17.7 Å². The largest absolute Gasteiger partial charge is 0.479 e. The molecule has 1 aromatic rings. The van der Waals surface area contributed by atoms with E-state index in [1.807, 2.05) is 25.1 Å². The Balaban J connectivity index is 2.41. The summed E-state index contributed by atoms with van der Waals surface area (Å²) in [5.41, 5.74) is 1.74. The minimum Gasteiger partial charge on any atom is -0.479 e. The van der Waals surface area contributed by atoms with Crippen molar-refractivity contribution in [2.75, 3.05) is 11.9 Å². The summed E-state index contributed by atoms with van der Waals surface area (Å²) in [5, 5.41) is 22.7. The number of carboxylic acid groups (broad SMARTS) is 1. The highest BCUT2D eigenvalue weighted by Crippen LogP contribution is 2.14. The SMILES string of the molecule is CCc1ccccc1NC(=O)NCCC(O)C(=O)O. The molecule has 1 aromatic carbocycles. The van der Waals surface area contributed by atoms with Crippen LogP contribution in [0.4, 0.5) is 10.5 Å². The molecule has 0 fully saturated rings. The summed E-state index contributed by atoms with van der Waals surface area (Å²) in [6, 6.07) is 7.01. The summed E-state index contributed by atoms with van der Waals surface area (Å²) in [5.74, 6) is -1.29. The van der Waals surface area contributed by atoms with Gasteiger partial charge in [0.2, 0.25) is 0 Å². The van der Waals surface area contributed by atoms with E-state index in [1.165, 1.54) is 0 Å². The van der Waals surface area contributed by atoms with Gasteiger partial charge in [0.15, 0.2) is 6.10 Å². The number of aliphatic carboxylic acids is 1. The van der Waals surface area contributed by atoms with Crippen LogP contribution in [0.5, 0.6) is 0 Å². The van der Waals surface area contributed by atoms with Crippen molar-refractivity contribution in [1.29, 1.82) is 0 Å². The van der Waals surface area contributed by atoms with Gasteiger partial charge in [-0.1, -0.05) is 25.1 Å². The number of aliphatic hydroxyl groups excluding tert-OH is 1. The molecule has 4 N–H and O–H groups in total. The monoisotopic (exact) mass is 266 g/mol. The summed E-state index contributed by atoms with van der Waals surface area (Å²) < 4.78 is 0. The average Bonchev–Trinajstić information content (AvgIpc) is 2.39. The zero-order chi connectivity index (χ0) is 14.3. The minimum absolute atomic E-state index is 0.0296. The molecule has 0 heterocycles. The van der Waals surface area contributed by atoms with E-state index in [0.29, 0.717) is 0 Å². The Bertz CT molecular complexity index is 448. The van der Waals surface area contributed by atoms with E-state index in [9.17, 15) is 9.59 Å². The molecule has 0 radical (unpaired) electrons. The van der Waals surface area contributed by atoms with Gasteiger partial charge in [-0.3, -0.25) is 0 Å². The summed E-state index contributed by atoms with van der Waals surface area (Å²) in [6.45, 7) is 2.08. The number of carbonyl (C=O) groups excluding carboxylic acids is 1. The Kier molecular flexibility index (Phi) is 5.81. The average molecular weight is 266 g/mol. The number of hydrogen-bond acceptors (Lipinski definition) is 3. The predicted molar refractivity (Wildman–Crippen MR) is 71.1 cm³/mol. The molecule has 1 rings (SSSR count). The van der Waals surface area contributed by atoms with Crippen molar-refractivity contribution in [3.05, 3.63) is 29.8 Å². The number of hydrogen-bond donors (Lipinski definition) is 4. The minimum atomic E-state index is -1.46. The van der Waals surface area contributed by atoms with E-state index in [-0.39, 0.29) is 13.0 Å². The number of anilines is 1. The molecule has 6 heteroatoms. The molecule has 19 heavy (non-hydrogen) atoms. The highest BCUT2D eigenvalue weighted by molar-refractivity contribution is 5.90. The third-order valence-electron chi connectivity index (χ3n) is 2.63. The van der Waals surface area contributed by atoms with Crippen LogP contribution >= 0.6 is 0 Å². The first-order valence-electron chi connectivity index (χ1n) is 6.08. The second kappa shape index (κ2) is 7.38. The molecule has 0 spiro atoms. The maximum Gasteiger partial charge on any atom is 0.332 e. The summed E-state index contributed by atoms with van der Waals surface area (Å²) in [7, 11) is 0. The quantitative estimate of drug-likeness (QED) is 0.622. The number of aliphatic hydroxyl groups is 1. The first-order chi connectivity index (χ1) is 9.04. The smallest absolute Gasteiger partial charge is 0.332 e. The standard InChI is InChI=1S/C13H18N2O4/c1-2-9-5-3-4-6-10(9)15-13(19)14-8-7-11(16)12(17)18/h3-6,11,16H,2,7-8H2,1H3,(H,17,18)(H2,14,15,19). The number of rotatable bonds is 6. The number of aryl methyl sites for hydroxylation is 1. The van der Waals surface area contributed by atoms with Gasteiger partial charge in [-0.25, -0.2) is 9.59 Å². The van der Waals surface area contributed by atoms with Crippen molar-refractivity contribution in [3.8, 4) is 0 Å². The van der Waals surface area contributed by atoms with Crippen molar-refractivity contribution in [1.82, 2.24) is 5.32 Å². The summed E-state index contributed by atoms with van der Waals surface area (Å²) in [4.78, 5) is 22.0. The maximum atomic E-state index is 11.6. The van der Waals surface area contributed by atoms with E-state index in [4.69, 9.17) is 10.2 Å². The van der Waals surface area contributed by atoms with Gasteiger partial charge in [-0.05, 0) is 18.1 Å². The Morgan fingerprint density at radius 2 is 2.00 bits per heavy atom. The van der Waals surface area contributed by atoms with Gasteiger partial charge in [0.05, 0.1) is 0 Å². The third-order valence-corrected chi connectivity index (χ3v) is 2.63. The first kappa shape index (κ1) is 15.0. The van der Waals surface area contributed by atoms with Gasteiger partial charge in [0.1, 0.15) is 0 Å². The van der Waals surface area contributed by atoms with Gasteiger partial charge >= 0.3 is 12.0 Å². The van der Waals surface area contributed by atoms with Crippen LogP contribution in [0.1, 0.15) is 18.9 Å². The van der Waals surface area contributed by atoms with Crippen LogP contribution in [0.2, 0.25) is 0 Å². The normalized spacial score (nSPS) is 11.7.